The Morgan fingerprint density at radius 3 is 2.91 bits per heavy atom. The van der Waals surface area contributed by atoms with Crippen LogP contribution in [0.15, 0.2) is 29.8 Å². The molecular formula is C15H13ClN4O2S. The van der Waals surface area contributed by atoms with E-state index in [2.05, 4.69) is 15.8 Å². The Bertz CT molecular complexity index is 795. The summed E-state index contributed by atoms with van der Waals surface area (Å²) >= 11 is 7.24. The Labute approximate surface area is 142 Å². The second-order valence-electron chi connectivity index (χ2n) is 4.41. The minimum absolute atomic E-state index is 0.282. The van der Waals surface area contributed by atoms with Gasteiger partial charge in [0.1, 0.15) is 22.4 Å². The number of ether oxygens (including phenoxy) is 1. The molecule has 2 aromatic rings. The molecule has 1 aromatic carbocycles. The first-order chi connectivity index (χ1) is 11.0. The SMILES string of the molecule is COc1ccc(Cl)cc1C(=O)NN/C=C(\C#N)c1nc(C)cs1. The smallest absolute Gasteiger partial charge is 0.273 e. The Hall–Kier alpha value is -2.56. The maximum absolute atomic E-state index is 12.1. The van der Waals surface area contributed by atoms with Crippen molar-refractivity contribution < 1.29 is 9.53 Å². The summed E-state index contributed by atoms with van der Waals surface area (Å²) in [6.45, 7) is 1.84. The summed E-state index contributed by atoms with van der Waals surface area (Å²) in [6, 6.07) is 6.75. The van der Waals surface area contributed by atoms with Gasteiger partial charge in [0.05, 0.1) is 12.7 Å². The number of hydrogen-bond donors (Lipinski definition) is 2. The van der Waals surface area contributed by atoms with Crippen LogP contribution in [0.4, 0.5) is 0 Å². The Morgan fingerprint density at radius 1 is 1.52 bits per heavy atom. The van der Waals surface area contributed by atoms with E-state index in [0.717, 1.165) is 5.69 Å². The van der Waals surface area contributed by atoms with E-state index in [9.17, 15) is 4.79 Å². The van der Waals surface area contributed by atoms with Gasteiger partial charge in [-0.3, -0.25) is 10.2 Å². The van der Waals surface area contributed by atoms with Crippen LogP contribution < -0.4 is 15.6 Å². The predicted octanol–water partition coefficient (Wildman–Crippen LogP) is 2.91. The lowest BCUT2D eigenvalue weighted by Gasteiger charge is -2.09. The molecule has 0 bridgehead atoms. The predicted molar refractivity (Wildman–Crippen MR) is 89.0 cm³/mol. The molecule has 23 heavy (non-hydrogen) atoms. The number of methoxy groups -OCH3 is 1. The van der Waals surface area contributed by atoms with Crippen molar-refractivity contribution in [2.45, 2.75) is 6.92 Å². The van der Waals surface area contributed by atoms with Crippen LogP contribution in [0.1, 0.15) is 21.1 Å². The molecule has 1 heterocycles. The number of aryl methyl sites for hydroxylation is 1. The van der Waals surface area contributed by atoms with Gasteiger partial charge in [-0.05, 0) is 25.1 Å². The van der Waals surface area contributed by atoms with E-state index in [0.29, 0.717) is 21.4 Å². The van der Waals surface area contributed by atoms with Crippen molar-refractivity contribution in [3.63, 3.8) is 0 Å². The van der Waals surface area contributed by atoms with Crippen LogP contribution in [0.3, 0.4) is 0 Å². The zero-order valence-corrected chi connectivity index (χ0v) is 14.0. The van der Waals surface area contributed by atoms with Gasteiger partial charge in [-0.15, -0.1) is 11.3 Å². The molecule has 2 rings (SSSR count). The number of rotatable bonds is 5. The van der Waals surface area contributed by atoms with Crippen molar-refractivity contribution >= 4 is 34.4 Å². The highest BCUT2D eigenvalue weighted by atomic mass is 35.5. The van der Waals surface area contributed by atoms with Gasteiger partial charge in [0.25, 0.3) is 5.91 Å². The summed E-state index contributed by atoms with van der Waals surface area (Å²) in [5, 5.41) is 12.0. The van der Waals surface area contributed by atoms with Crippen molar-refractivity contribution in [2.24, 2.45) is 0 Å². The van der Waals surface area contributed by atoms with Gasteiger partial charge in [-0.1, -0.05) is 11.6 Å². The number of nitrogens with zero attached hydrogens (tertiary/aromatic N) is 2. The molecule has 0 unspecified atom stereocenters. The van der Waals surface area contributed by atoms with E-state index in [1.807, 2.05) is 18.4 Å². The third kappa shape index (κ3) is 4.22. The molecule has 0 atom stereocenters. The Balaban J connectivity index is 2.08. The monoisotopic (exact) mass is 348 g/mol. The van der Waals surface area contributed by atoms with Crippen LogP contribution >= 0.6 is 22.9 Å². The molecule has 1 aromatic heterocycles. The zero-order valence-electron chi connectivity index (χ0n) is 12.4. The number of amides is 1. The van der Waals surface area contributed by atoms with Crippen molar-refractivity contribution in [1.82, 2.24) is 15.8 Å². The summed E-state index contributed by atoms with van der Waals surface area (Å²) in [5.74, 6) is -0.0399. The van der Waals surface area contributed by atoms with E-state index in [4.69, 9.17) is 21.6 Å². The number of nitriles is 1. The molecule has 8 heteroatoms. The number of carbonyl (C=O) groups excluding carboxylic acids is 1. The average Bonchev–Trinajstić information content (AvgIpc) is 2.97. The quantitative estimate of drug-likeness (QED) is 0.640. The van der Waals surface area contributed by atoms with E-state index in [1.165, 1.54) is 30.7 Å². The molecule has 0 fully saturated rings. The average molecular weight is 349 g/mol. The Morgan fingerprint density at radius 2 is 2.30 bits per heavy atom. The number of halogens is 1. The molecule has 0 saturated heterocycles. The highest BCUT2D eigenvalue weighted by Gasteiger charge is 2.12. The highest BCUT2D eigenvalue weighted by molar-refractivity contribution is 7.10. The lowest BCUT2D eigenvalue weighted by atomic mass is 10.2. The number of benzene rings is 1. The zero-order chi connectivity index (χ0) is 16.8. The summed E-state index contributed by atoms with van der Waals surface area (Å²) in [4.78, 5) is 16.4. The van der Waals surface area contributed by atoms with Gasteiger partial charge >= 0.3 is 0 Å². The van der Waals surface area contributed by atoms with Gasteiger partial charge in [0, 0.05) is 22.3 Å². The molecule has 6 nitrogen and oxygen atoms in total. The van der Waals surface area contributed by atoms with Crippen LogP contribution in [-0.4, -0.2) is 18.0 Å². The first-order valence-corrected chi connectivity index (χ1v) is 7.73. The fraction of sp³-hybridized carbons (Fsp3) is 0.133. The number of hydrazine groups is 1. The molecule has 2 N–H and O–H groups in total. The van der Waals surface area contributed by atoms with Crippen LogP contribution in [0.2, 0.25) is 5.02 Å². The van der Waals surface area contributed by atoms with Gasteiger partial charge in [0.2, 0.25) is 0 Å². The van der Waals surface area contributed by atoms with E-state index in [1.54, 1.807) is 12.1 Å². The highest BCUT2D eigenvalue weighted by Crippen LogP contribution is 2.22. The molecule has 0 spiro atoms. The molecule has 1 amide bonds. The summed E-state index contributed by atoms with van der Waals surface area (Å²) in [5.41, 5.74) is 6.50. The van der Waals surface area contributed by atoms with Gasteiger partial charge in [0.15, 0.2) is 0 Å². The molecular weight excluding hydrogens is 336 g/mol. The van der Waals surface area contributed by atoms with Gasteiger partial charge < -0.3 is 10.2 Å². The number of nitrogens with one attached hydrogen (secondary N) is 2. The van der Waals surface area contributed by atoms with Crippen LogP contribution in [0.25, 0.3) is 5.57 Å². The van der Waals surface area contributed by atoms with Crippen LogP contribution in [0.5, 0.6) is 5.75 Å². The molecule has 0 radical (unpaired) electrons. The number of allylic oxidation sites excluding steroid dienone is 1. The maximum atomic E-state index is 12.1. The fourth-order valence-corrected chi connectivity index (χ4v) is 2.65. The minimum Gasteiger partial charge on any atom is -0.496 e. The van der Waals surface area contributed by atoms with E-state index < -0.39 is 5.91 Å². The molecule has 118 valence electrons. The maximum Gasteiger partial charge on any atom is 0.273 e. The first kappa shape index (κ1) is 16.8. The summed E-state index contributed by atoms with van der Waals surface area (Å²) in [6.07, 6.45) is 1.38. The molecule has 0 aliphatic rings. The largest absolute Gasteiger partial charge is 0.496 e. The number of thiazole rings is 1. The van der Waals surface area contributed by atoms with Crippen LogP contribution in [0, 0.1) is 18.3 Å². The topological polar surface area (TPSA) is 87.0 Å². The van der Waals surface area contributed by atoms with Crippen molar-refractivity contribution in [3.8, 4) is 11.8 Å². The third-order valence-electron chi connectivity index (χ3n) is 2.78. The minimum atomic E-state index is -0.437. The van der Waals surface area contributed by atoms with Gasteiger partial charge in [-0.2, -0.15) is 5.26 Å². The number of hydrogen-bond acceptors (Lipinski definition) is 6. The second-order valence-corrected chi connectivity index (χ2v) is 5.70. The number of aromatic nitrogens is 1. The van der Waals surface area contributed by atoms with E-state index in [-0.39, 0.29) is 5.56 Å². The molecule has 0 aliphatic carbocycles. The second kappa shape index (κ2) is 7.63. The molecule has 0 saturated carbocycles. The van der Waals surface area contributed by atoms with Crippen molar-refractivity contribution in [3.05, 3.63) is 51.1 Å². The lowest BCUT2D eigenvalue weighted by molar-refractivity contribution is 0.0938. The van der Waals surface area contributed by atoms with Crippen molar-refractivity contribution in [2.75, 3.05) is 7.11 Å². The fourth-order valence-electron chi connectivity index (χ4n) is 1.72. The Kier molecular flexibility index (Phi) is 5.57. The first-order valence-electron chi connectivity index (χ1n) is 6.47. The summed E-state index contributed by atoms with van der Waals surface area (Å²) in [7, 11) is 1.46. The summed E-state index contributed by atoms with van der Waals surface area (Å²) < 4.78 is 5.12. The van der Waals surface area contributed by atoms with E-state index >= 15 is 0 Å². The van der Waals surface area contributed by atoms with Crippen molar-refractivity contribution in [1.29, 1.82) is 5.26 Å². The third-order valence-corrected chi connectivity index (χ3v) is 4.01. The normalized spacial score (nSPS) is 10.8. The van der Waals surface area contributed by atoms with Crippen LogP contribution in [-0.2, 0) is 0 Å². The molecule has 0 aliphatic heterocycles. The van der Waals surface area contributed by atoms with Gasteiger partial charge in [-0.25, -0.2) is 4.98 Å². The lowest BCUT2D eigenvalue weighted by Crippen LogP contribution is -2.34. The standard InChI is InChI=1S/C15H13ClN4O2S/c1-9-8-23-15(19-9)10(6-17)7-18-20-14(21)12-5-11(16)3-4-13(12)22-2/h3-5,7-8,18H,1-2H3,(H,20,21)/b10-7+. The number of carbonyl (C=O) groups is 1.